The van der Waals surface area contributed by atoms with Gasteiger partial charge in [-0.2, -0.15) is 0 Å². The van der Waals surface area contributed by atoms with Crippen molar-refractivity contribution >= 4 is 76.2 Å². The minimum atomic E-state index is 0.559. The summed E-state index contributed by atoms with van der Waals surface area (Å²) >= 11 is 1.90. The molecule has 0 saturated heterocycles. The fourth-order valence-corrected chi connectivity index (χ4v) is 7.56. The standard InChI is InChI=1S/C37H27NS/c1-24-18-20-28-26(22-24)11-9-17-32(28)38(27-12-3-2-4-13-27)33-23-35-37(31-16-8-7-15-30(31)33)36-29-14-6-5-10-25(29)19-21-34(36)39-35/h2-21,23-24H,22H2,1H3. The summed E-state index contributed by atoms with van der Waals surface area (Å²) in [5.74, 6) is 0.559. The fourth-order valence-electron chi connectivity index (χ4n) is 6.39. The van der Waals surface area contributed by atoms with E-state index in [1.54, 1.807) is 0 Å². The molecule has 8 rings (SSSR count). The molecular formula is C37H27NS. The van der Waals surface area contributed by atoms with E-state index in [9.17, 15) is 0 Å². The van der Waals surface area contributed by atoms with Gasteiger partial charge in [0.25, 0.3) is 0 Å². The average molecular weight is 518 g/mol. The van der Waals surface area contributed by atoms with Crippen molar-refractivity contribution in [1.29, 1.82) is 0 Å². The molecule has 2 heteroatoms. The van der Waals surface area contributed by atoms with Crippen LogP contribution in [0.4, 0.5) is 17.1 Å². The van der Waals surface area contributed by atoms with Crippen molar-refractivity contribution in [2.45, 2.75) is 13.3 Å². The van der Waals surface area contributed by atoms with Gasteiger partial charge in [-0.3, -0.25) is 0 Å². The zero-order valence-corrected chi connectivity index (χ0v) is 22.6. The molecular weight excluding hydrogens is 490 g/mol. The van der Waals surface area contributed by atoms with Gasteiger partial charge in [0.05, 0.1) is 11.4 Å². The third-order valence-electron chi connectivity index (χ3n) is 8.15. The van der Waals surface area contributed by atoms with Crippen molar-refractivity contribution in [3.8, 4) is 0 Å². The van der Waals surface area contributed by atoms with E-state index in [2.05, 4.69) is 139 Å². The molecule has 0 saturated carbocycles. The summed E-state index contributed by atoms with van der Waals surface area (Å²) in [7, 11) is 0. The summed E-state index contributed by atoms with van der Waals surface area (Å²) in [6, 6.07) is 42.4. The number of nitrogens with zero attached hydrogens (tertiary/aromatic N) is 1. The summed E-state index contributed by atoms with van der Waals surface area (Å²) < 4.78 is 2.66. The van der Waals surface area contributed by atoms with Crippen LogP contribution >= 0.6 is 11.3 Å². The van der Waals surface area contributed by atoms with Crippen LogP contribution in [0, 0.1) is 5.92 Å². The van der Waals surface area contributed by atoms with E-state index in [-0.39, 0.29) is 0 Å². The second-order valence-electron chi connectivity index (χ2n) is 10.6. The van der Waals surface area contributed by atoms with Crippen molar-refractivity contribution in [2.24, 2.45) is 5.92 Å². The van der Waals surface area contributed by atoms with Crippen molar-refractivity contribution in [2.75, 3.05) is 4.90 Å². The highest BCUT2D eigenvalue weighted by atomic mass is 32.1. The van der Waals surface area contributed by atoms with Gasteiger partial charge in [0.2, 0.25) is 0 Å². The van der Waals surface area contributed by atoms with Gasteiger partial charge in [0.1, 0.15) is 0 Å². The number of thiophene rings is 1. The quantitative estimate of drug-likeness (QED) is 0.225. The molecule has 1 nitrogen and oxygen atoms in total. The van der Waals surface area contributed by atoms with Crippen LogP contribution in [-0.2, 0) is 6.42 Å². The molecule has 0 amide bonds. The lowest BCUT2D eigenvalue weighted by molar-refractivity contribution is 0.717. The first-order valence-corrected chi connectivity index (χ1v) is 14.5. The van der Waals surface area contributed by atoms with E-state index < -0.39 is 0 Å². The Balaban J connectivity index is 1.49. The highest BCUT2D eigenvalue weighted by Crippen LogP contribution is 2.48. The number of hydrogen-bond acceptors (Lipinski definition) is 2. The van der Waals surface area contributed by atoms with Crippen molar-refractivity contribution in [1.82, 2.24) is 0 Å². The van der Waals surface area contributed by atoms with Gasteiger partial charge in [0.15, 0.2) is 0 Å². The first-order chi connectivity index (χ1) is 19.3. The third-order valence-corrected chi connectivity index (χ3v) is 9.25. The Hall–Kier alpha value is -4.40. The molecule has 0 aliphatic heterocycles. The van der Waals surface area contributed by atoms with Crippen LogP contribution in [0.3, 0.4) is 0 Å². The molecule has 7 aromatic rings. The maximum atomic E-state index is 2.48. The lowest BCUT2D eigenvalue weighted by Crippen LogP contribution is -2.14. The van der Waals surface area contributed by atoms with Gasteiger partial charge in [-0.25, -0.2) is 0 Å². The Kier molecular flexibility index (Phi) is 5.11. The molecule has 6 aromatic carbocycles. The number of fused-ring (bicyclic) bond motifs is 8. The normalized spacial score (nSPS) is 14.8. The number of hydrogen-bond donors (Lipinski definition) is 0. The molecule has 1 aliphatic rings. The molecule has 1 atom stereocenters. The summed E-state index contributed by atoms with van der Waals surface area (Å²) in [6.45, 7) is 2.30. The van der Waals surface area contributed by atoms with E-state index in [0.717, 1.165) is 6.42 Å². The van der Waals surface area contributed by atoms with Gasteiger partial charge in [0, 0.05) is 36.8 Å². The number of para-hydroxylation sites is 1. The van der Waals surface area contributed by atoms with Crippen LogP contribution < -0.4 is 4.90 Å². The lowest BCUT2D eigenvalue weighted by atomic mass is 9.89. The number of benzene rings is 6. The van der Waals surface area contributed by atoms with E-state index in [0.29, 0.717) is 5.92 Å². The van der Waals surface area contributed by atoms with Crippen LogP contribution in [0.25, 0.3) is 47.8 Å². The van der Waals surface area contributed by atoms with Crippen molar-refractivity contribution in [3.05, 3.63) is 132 Å². The van der Waals surface area contributed by atoms with E-state index >= 15 is 0 Å². The molecule has 1 heterocycles. The SMILES string of the molecule is CC1C=Cc2c(cccc2N(c2ccccc2)c2cc3sc4ccc5ccccc5c4c3c3ccccc23)C1. The van der Waals surface area contributed by atoms with Crippen molar-refractivity contribution < 1.29 is 0 Å². The Morgan fingerprint density at radius 2 is 1.38 bits per heavy atom. The molecule has 0 radical (unpaired) electrons. The Bertz CT molecular complexity index is 2070. The Labute approximate surface area is 232 Å². The molecule has 1 unspecified atom stereocenters. The molecule has 186 valence electrons. The van der Waals surface area contributed by atoms with Gasteiger partial charge in [-0.05, 0) is 64.4 Å². The number of anilines is 3. The molecule has 0 N–H and O–H groups in total. The Morgan fingerprint density at radius 1 is 0.641 bits per heavy atom. The first-order valence-electron chi connectivity index (χ1n) is 13.7. The van der Waals surface area contributed by atoms with Crippen LogP contribution in [0.5, 0.6) is 0 Å². The summed E-state index contributed by atoms with van der Waals surface area (Å²) in [5, 5.41) is 7.94. The zero-order valence-electron chi connectivity index (χ0n) is 21.8. The fraction of sp³-hybridized carbons (Fsp3) is 0.0811. The number of rotatable bonds is 3. The zero-order chi connectivity index (χ0) is 25.9. The van der Waals surface area contributed by atoms with Gasteiger partial charge < -0.3 is 4.90 Å². The predicted molar refractivity (Wildman–Crippen MR) is 171 cm³/mol. The molecule has 0 bridgehead atoms. The third kappa shape index (κ3) is 3.52. The number of allylic oxidation sites excluding steroid dienone is 1. The van der Waals surface area contributed by atoms with E-state index in [1.807, 2.05) is 11.3 Å². The second-order valence-corrected chi connectivity index (χ2v) is 11.7. The Morgan fingerprint density at radius 3 is 2.26 bits per heavy atom. The average Bonchev–Trinajstić information content (AvgIpc) is 3.37. The summed E-state index contributed by atoms with van der Waals surface area (Å²) in [5.41, 5.74) is 6.38. The highest BCUT2D eigenvalue weighted by Gasteiger charge is 2.23. The van der Waals surface area contributed by atoms with Gasteiger partial charge in [-0.1, -0.05) is 104 Å². The van der Waals surface area contributed by atoms with Crippen LogP contribution in [0.15, 0.2) is 121 Å². The maximum Gasteiger partial charge on any atom is 0.0554 e. The summed E-state index contributed by atoms with van der Waals surface area (Å²) in [6.07, 6.45) is 5.76. The molecule has 1 aromatic heterocycles. The second kappa shape index (κ2) is 8.83. The molecule has 0 fully saturated rings. The van der Waals surface area contributed by atoms with Gasteiger partial charge >= 0.3 is 0 Å². The van der Waals surface area contributed by atoms with E-state index in [4.69, 9.17) is 0 Å². The first kappa shape index (κ1) is 22.6. The largest absolute Gasteiger partial charge is 0.309 e. The van der Waals surface area contributed by atoms with E-state index in [1.165, 1.54) is 69.9 Å². The van der Waals surface area contributed by atoms with Crippen molar-refractivity contribution in [3.63, 3.8) is 0 Å². The molecule has 39 heavy (non-hydrogen) atoms. The molecule has 0 spiro atoms. The summed E-state index contributed by atoms with van der Waals surface area (Å²) in [4.78, 5) is 2.48. The van der Waals surface area contributed by atoms with Gasteiger partial charge in [-0.15, -0.1) is 11.3 Å². The monoisotopic (exact) mass is 517 g/mol. The van der Waals surface area contributed by atoms with Crippen LogP contribution in [0.2, 0.25) is 0 Å². The minimum Gasteiger partial charge on any atom is -0.309 e. The van der Waals surface area contributed by atoms with Crippen LogP contribution in [-0.4, -0.2) is 0 Å². The smallest absolute Gasteiger partial charge is 0.0554 e. The highest BCUT2D eigenvalue weighted by molar-refractivity contribution is 7.26. The minimum absolute atomic E-state index is 0.559. The maximum absolute atomic E-state index is 2.48. The molecule has 1 aliphatic carbocycles. The predicted octanol–water partition coefficient (Wildman–Crippen LogP) is 11.0. The lowest BCUT2D eigenvalue weighted by Gasteiger charge is -2.30. The topological polar surface area (TPSA) is 3.24 Å². The van der Waals surface area contributed by atoms with Crippen LogP contribution in [0.1, 0.15) is 18.1 Å².